The van der Waals surface area contributed by atoms with Crippen LogP contribution in [0.5, 0.6) is 0 Å². The molecule has 2 nitrogen and oxygen atoms in total. The number of benzene rings is 1. The zero-order valence-electron chi connectivity index (χ0n) is 7.26. The van der Waals surface area contributed by atoms with Crippen LogP contribution in [0.25, 0.3) is 0 Å². The molecule has 0 saturated carbocycles. The maximum absolute atomic E-state index is 13.4. The highest BCUT2D eigenvalue weighted by Crippen LogP contribution is 2.18. The summed E-state index contributed by atoms with van der Waals surface area (Å²) >= 11 is 0. The molecule has 0 radical (unpaired) electrons. The largest absolute Gasteiger partial charge is 0.312 e. The molecule has 0 atom stereocenters. The highest BCUT2D eigenvalue weighted by molar-refractivity contribution is 5.33. The topological polar surface area (TPSA) is 52.0 Å². The van der Waals surface area contributed by atoms with E-state index < -0.39 is 6.17 Å². The first-order valence-electron chi connectivity index (χ1n) is 3.81. The third-order valence-electron chi connectivity index (χ3n) is 2.05. The Labute approximate surface area is 71.4 Å². The van der Waals surface area contributed by atoms with Crippen molar-refractivity contribution in [1.82, 2.24) is 0 Å². The van der Waals surface area contributed by atoms with E-state index in [4.69, 9.17) is 11.5 Å². The van der Waals surface area contributed by atoms with Gasteiger partial charge in [-0.15, -0.1) is 0 Å². The fraction of sp³-hybridized carbons (Fsp3) is 0.333. The third-order valence-corrected chi connectivity index (χ3v) is 2.05. The molecule has 4 N–H and O–H groups in total. The minimum atomic E-state index is -0.732. The minimum Gasteiger partial charge on any atom is -0.312 e. The van der Waals surface area contributed by atoms with Crippen LogP contribution in [-0.4, -0.2) is 0 Å². The van der Waals surface area contributed by atoms with Gasteiger partial charge in [-0.3, -0.25) is 0 Å². The predicted octanol–water partition coefficient (Wildman–Crippen LogP) is 1.36. The van der Waals surface area contributed by atoms with E-state index in [1.807, 2.05) is 13.0 Å². The molecule has 0 aromatic heterocycles. The fourth-order valence-corrected chi connectivity index (χ4v) is 1.06. The van der Waals surface area contributed by atoms with Gasteiger partial charge >= 0.3 is 0 Å². The second-order valence-electron chi connectivity index (χ2n) is 2.94. The Hall–Kier alpha value is -0.930. The van der Waals surface area contributed by atoms with Crippen LogP contribution >= 0.6 is 0 Å². The van der Waals surface area contributed by atoms with Crippen LogP contribution < -0.4 is 11.5 Å². The minimum absolute atomic E-state index is 0.287. The zero-order valence-corrected chi connectivity index (χ0v) is 7.26. The predicted molar refractivity (Wildman–Crippen MR) is 47.0 cm³/mol. The quantitative estimate of drug-likeness (QED) is 0.622. The second kappa shape index (κ2) is 3.21. The van der Waals surface area contributed by atoms with Gasteiger partial charge in [0, 0.05) is 5.56 Å². The van der Waals surface area contributed by atoms with Crippen LogP contribution in [0, 0.1) is 19.7 Å². The summed E-state index contributed by atoms with van der Waals surface area (Å²) in [4.78, 5) is 0. The van der Waals surface area contributed by atoms with Gasteiger partial charge in [-0.25, -0.2) is 4.39 Å². The Morgan fingerprint density at radius 3 is 2.33 bits per heavy atom. The van der Waals surface area contributed by atoms with Crippen molar-refractivity contribution in [1.29, 1.82) is 0 Å². The summed E-state index contributed by atoms with van der Waals surface area (Å²) in [5.41, 5.74) is 12.6. The summed E-state index contributed by atoms with van der Waals surface area (Å²) < 4.78 is 13.4. The van der Waals surface area contributed by atoms with Gasteiger partial charge in [-0.05, 0) is 25.0 Å². The first-order valence-corrected chi connectivity index (χ1v) is 3.81. The number of rotatable bonds is 1. The lowest BCUT2D eigenvalue weighted by Gasteiger charge is -2.10. The number of halogens is 1. The van der Waals surface area contributed by atoms with Crippen molar-refractivity contribution in [3.63, 3.8) is 0 Å². The molecule has 0 amide bonds. The molecule has 0 aliphatic carbocycles. The van der Waals surface area contributed by atoms with Gasteiger partial charge in [0.25, 0.3) is 0 Å². The monoisotopic (exact) mass is 168 g/mol. The maximum Gasteiger partial charge on any atom is 0.132 e. The molecule has 0 bridgehead atoms. The van der Waals surface area contributed by atoms with Crippen molar-refractivity contribution in [2.75, 3.05) is 0 Å². The lowest BCUT2D eigenvalue weighted by Crippen LogP contribution is -2.21. The van der Waals surface area contributed by atoms with Crippen molar-refractivity contribution >= 4 is 0 Å². The smallest absolute Gasteiger partial charge is 0.132 e. The van der Waals surface area contributed by atoms with Crippen LogP contribution in [0.15, 0.2) is 12.1 Å². The summed E-state index contributed by atoms with van der Waals surface area (Å²) in [6, 6.07) is 3.45. The van der Waals surface area contributed by atoms with Gasteiger partial charge in [0.15, 0.2) is 0 Å². The number of nitrogens with two attached hydrogens (primary N) is 2. The van der Waals surface area contributed by atoms with Crippen LogP contribution in [-0.2, 0) is 0 Å². The molecule has 1 rings (SSSR count). The molecule has 3 heteroatoms. The van der Waals surface area contributed by atoms with Crippen molar-refractivity contribution < 1.29 is 4.39 Å². The summed E-state index contributed by atoms with van der Waals surface area (Å²) in [6.07, 6.45) is -0.732. The number of aryl methyl sites for hydroxylation is 1. The Balaban J connectivity index is 3.27. The van der Waals surface area contributed by atoms with E-state index >= 15 is 0 Å². The van der Waals surface area contributed by atoms with Gasteiger partial charge in [0.2, 0.25) is 0 Å². The fourth-order valence-electron chi connectivity index (χ4n) is 1.06. The summed E-state index contributed by atoms with van der Waals surface area (Å²) in [5, 5.41) is 0. The highest BCUT2D eigenvalue weighted by atomic mass is 19.1. The van der Waals surface area contributed by atoms with Crippen LogP contribution in [0.1, 0.15) is 22.9 Å². The average molecular weight is 168 g/mol. The molecule has 0 heterocycles. The Bertz CT molecular complexity index is 295. The van der Waals surface area contributed by atoms with Crippen LogP contribution in [0.3, 0.4) is 0 Å². The van der Waals surface area contributed by atoms with Crippen LogP contribution in [0.4, 0.5) is 4.39 Å². The molecule has 0 spiro atoms. The summed E-state index contributed by atoms with van der Waals surface area (Å²) in [5.74, 6) is -0.287. The summed E-state index contributed by atoms with van der Waals surface area (Å²) in [7, 11) is 0. The normalized spacial score (nSPS) is 10.8. The van der Waals surface area contributed by atoms with E-state index in [1.165, 1.54) is 0 Å². The van der Waals surface area contributed by atoms with Crippen molar-refractivity contribution in [3.8, 4) is 0 Å². The van der Waals surface area contributed by atoms with Gasteiger partial charge in [0.05, 0.1) is 6.17 Å². The lowest BCUT2D eigenvalue weighted by molar-refractivity contribution is 0.578. The van der Waals surface area contributed by atoms with Crippen LogP contribution in [0.2, 0.25) is 0 Å². The Morgan fingerprint density at radius 2 is 1.83 bits per heavy atom. The number of hydrogen-bond donors (Lipinski definition) is 2. The van der Waals surface area contributed by atoms with E-state index in [0.29, 0.717) is 11.1 Å². The van der Waals surface area contributed by atoms with Gasteiger partial charge in [-0.1, -0.05) is 12.1 Å². The molecule has 66 valence electrons. The molecule has 0 aliphatic heterocycles. The van der Waals surface area contributed by atoms with E-state index in [1.54, 1.807) is 13.0 Å². The average Bonchev–Trinajstić information content (AvgIpc) is 2.00. The molecule has 1 aromatic rings. The summed E-state index contributed by atoms with van der Waals surface area (Å²) in [6.45, 7) is 3.57. The Kier molecular flexibility index (Phi) is 2.45. The van der Waals surface area contributed by atoms with Gasteiger partial charge in [0.1, 0.15) is 5.82 Å². The molecule has 0 unspecified atom stereocenters. The van der Waals surface area contributed by atoms with E-state index in [-0.39, 0.29) is 5.82 Å². The molecule has 0 aliphatic rings. The molecule has 0 saturated heterocycles. The maximum atomic E-state index is 13.4. The molecule has 12 heavy (non-hydrogen) atoms. The Morgan fingerprint density at radius 1 is 1.25 bits per heavy atom. The van der Waals surface area contributed by atoms with Gasteiger partial charge in [-0.2, -0.15) is 0 Å². The van der Waals surface area contributed by atoms with Gasteiger partial charge < -0.3 is 11.5 Å². The zero-order chi connectivity index (χ0) is 9.30. The molecular formula is C9H13FN2. The first-order chi connectivity index (χ1) is 5.54. The SMILES string of the molecule is Cc1ccc(C(N)N)c(F)c1C. The highest BCUT2D eigenvalue weighted by Gasteiger charge is 2.10. The van der Waals surface area contributed by atoms with Crippen molar-refractivity contribution in [2.24, 2.45) is 11.5 Å². The van der Waals surface area contributed by atoms with E-state index in [2.05, 4.69) is 0 Å². The standard InChI is InChI=1S/C9H13FN2/c1-5-3-4-7(9(11)12)8(10)6(5)2/h3-4,9H,11-12H2,1-2H3. The lowest BCUT2D eigenvalue weighted by atomic mass is 10.0. The number of hydrogen-bond acceptors (Lipinski definition) is 2. The first kappa shape index (κ1) is 9.16. The second-order valence-corrected chi connectivity index (χ2v) is 2.94. The molecular weight excluding hydrogens is 155 g/mol. The molecule has 0 fully saturated rings. The van der Waals surface area contributed by atoms with E-state index in [0.717, 1.165) is 5.56 Å². The van der Waals surface area contributed by atoms with E-state index in [9.17, 15) is 4.39 Å². The van der Waals surface area contributed by atoms with Crippen molar-refractivity contribution in [2.45, 2.75) is 20.0 Å². The third kappa shape index (κ3) is 1.47. The van der Waals surface area contributed by atoms with Crippen molar-refractivity contribution in [3.05, 3.63) is 34.6 Å². The molecule has 1 aromatic carbocycles.